The summed E-state index contributed by atoms with van der Waals surface area (Å²) >= 11 is 0. The van der Waals surface area contributed by atoms with Gasteiger partial charge < -0.3 is 65.1 Å². The first kappa shape index (κ1) is 87.5. The molecule has 2 fully saturated rings. The minimum atomic E-state index is -1.80. The molecule has 2 heterocycles. The molecule has 0 saturated carbocycles. The van der Waals surface area contributed by atoms with Crippen LogP contribution in [-0.2, 0) is 23.7 Å². The van der Waals surface area contributed by atoms with Gasteiger partial charge in [-0.15, -0.1) is 0 Å². The summed E-state index contributed by atoms with van der Waals surface area (Å²) in [5, 5.41) is 87.6. The first-order valence-electron chi connectivity index (χ1n) is 39.2. The average Bonchev–Trinajstić information content (AvgIpc) is 0.794. The van der Waals surface area contributed by atoms with Crippen molar-refractivity contribution in [3.8, 4) is 0 Å². The Morgan fingerprint density at radius 1 is 0.383 bits per heavy atom. The normalized spacial score (nSPS) is 22.8. The van der Waals surface area contributed by atoms with Gasteiger partial charge in [-0.05, 0) is 83.5 Å². The minimum absolute atomic E-state index is 0.249. The van der Waals surface area contributed by atoms with Crippen molar-refractivity contribution in [1.82, 2.24) is 5.32 Å². The Kier molecular flexibility index (Phi) is 59.4. The fraction of sp³-hybridized carbons (Fsp3) is 0.838. The number of rotatable bonds is 65. The Balaban J connectivity index is 1.63. The van der Waals surface area contributed by atoms with Crippen LogP contribution in [0.3, 0.4) is 0 Å². The van der Waals surface area contributed by atoms with Crippen LogP contribution in [0.15, 0.2) is 72.9 Å². The summed E-state index contributed by atoms with van der Waals surface area (Å²) in [5.41, 5.74) is 0. The predicted molar refractivity (Wildman–Crippen MR) is 387 cm³/mol. The molecule has 2 aliphatic heterocycles. The van der Waals surface area contributed by atoms with Crippen molar-refractivity contribution in [2.45, 2.75) is 408 Å². The number of allylic oxidation sites excluding steroid dienone is 11. The van der Waals surface area contributed by atoms with Crippen molar-refractivity contribution in [2.24, 2.45) is 0 Å². The van der Waals surface area contributed by atoms with Crippen molar-refractivity contribution in [3.63, 3.8) is 0 Å². The number of amides is 1. The number of aliphatic hydroxyl groups is 8. The van der Waals surface area contributed by atoms with Gasteiger partial charge in [0.2, 0.25) is 5.91 Å². The molecule has 548 valence electrons. The van der Waals surface area contributed by atoms with E-state index in [0.717, 1.165) is 57.8 Å². The smallest absolute Gasteiger partial charge is 0.220 e. The van der Waals surface area contributed by atoms with Crippen LogP contribution in [0.4, 0.5) is 0 Å². The highest BCUT2D eigenvalue weighted by Gasteiger charge is 2.51. The lowest BCUT2D eigenvalue weighted by Crippen LogP contribution is -2.65. The number of nitrogens with one attached hydrogen (secondary N) is 1. The standard InChI is InChI=1S/C80H145NO13/c1-3-5-7-9-11-13-15-17-19-21-23-25-27-29-30-31-32-33-34-35-36-37-38-40-42-44-46-48-50-52-54-56-58-60-62-64-72(85)81-68(67-91-79-77(90)75(88)78(71(66-83)93-79)94-80-76(89)74(87)73(86)70(65-82)92-80)69(84)63-61-59-57-55-53-51-49-47-45-43-41-39-28-26-24-22-20-18-16-14-12-10-8-6-4-2/h15,17,21,23,27,29,45,47,53,55,61,63,68-71,73-80,82-84,86-90H,3-14,16,18-20,22,24-26,28,30-44,46,48-52,54,56-60,62,64-67H2,1-2H3,(H,81,85)/b17-15-,23-21-,29-27-,47-45+,55-53+,63-61+. The second-order valence-electron chi connectivity index (χ2n) is 27.5. The molecule has 0 spiro atoms. The number of hydrogen-bond donors (Lipinski definition) is 9. The van der Waals surface area contributed by atoms with Gasteiger partial charge in [-0.25, -0.2) is 0 Å². The number of aliphatic hydroxyl groups excluding tert-OH is 8. The van der Waals surface area contributed by atoms with Gasteiger partial charge >= 0.3 is 0 Å². The van der Waals surface area contributed by atoms with Crippen LogP contribution in [0.2, 0.25) is 0 Å². The van der Waals surface area contributed by atoms with E-state index in [4.69, 9.17) is 18.9 Å². The van der Waals surface area contributed by atoms with Gasteiger partial charge in [0.25, 0.3) is 0 Å². The number of unbranched alkanes of at least 4 members (excludes halogenated alkanes) is 42. The lowest BCUT2D eigenvalue weighted by Gasteiger charge is -2.46. The van der Waals surface area contributed by atoms with E-state index in [1.54, 1.807) is 6.08 Å². The molecule has 0 aromatic rings. The van der Waals surface area contributed by atoms with E-state index in [1.807, 2.05) is 6.08 Å². The zero-order chi connectivity index (χ0) is 68.0. The third kappa shape index (κ3) is 46.7. The minimum Gasteiger partial charge on any atom is -0.394 e. The van der Waals surface area contributed by atoms with E-state index < -0.39 is 86.8 Å². The van der Waals surface area contributed by atoms with Crippen molar-refractivity contribution in [1.29, 1.82) is 0 Å². The van der Waals surface area contributed by atoms with Gasteiger partial charge in [0, 0.05) is 6.42 Å². The molecule has 0 aromatic heterocycles. The van der Waals surface area contributed by atoms with Gasteiger partial charge in [-0.1, -0.05) is 318 Å². The first-order valence-corrected chi connectivity index (χ1v) is 39.2. The molecule has 0 aromatic carbocycles. The van der Waals surface area contributed by atoms with Crippen LogP contribution in [-0.4, -0.2) is 140 Å². The molecular weight excluding hydrogens is 1180 g/mol. The molecule has 14 nitrogen and oxygen atoms in total. The Labute approximate surface area is 574 Å². The maximum absolute atomic E-state index is 13.4. The molecular formula is C80H145NO13. The molecule has 9 N–H and O–H groups in total. The lowest BCUT2D eigenvalue weighted by atomic mass is 9.97. The van der Waals surface area contributed by atoms with Crippen molar-refractivity contribution in [2.75, 3.05) is 19.8 Å². The fourth-order valence-corrected chi connectivity index (χ4v) is 12.6. The number of carbonyl (C=O) groups is 1. The van der Waals surface area contributed by atoms with Crippen LogP contribution in [0, 0.1) is 0 Å². The van der Waals surface area contributed by atoms with Crippen molar-refractivity contribution >= 4 is 5.91 Å². The van der Waals surface area contributed by atoms with E-state index in [2.05, 4.69) is 79.9 Å². The molecule has 0 aliphatic carbocycles. The summed E-state index contributed by atoms with van der Waals surface area (Å²) in [6, 6.07) is -0.941. The van der Waals surface area contributed by atoms with E-state index in [-0.39, 0.29) is 18.9 Å². The van der Waals surface area contributed by atoms with Crippen molar-refractivity contribution in [3.05, 3.63) is 72.9 Å². The average molecular weight is 1330 g/mol. The quantitative estimate of drug-likeness (QED) is 0.0204. The molecule has 14 heteroatoms. The molecule has 2 saturated heterocycles. The molecule has 2 aliphatic rings. The molecule has 0 bridgehead atoms. The SMILES string of the molecule is CCCCCCC/C=C\C/C=C\C/C=C\CCCCCCCCCCCCCCCCCCCCCCC(=O)NC(COC1OC(CO)C(OC2OC(CO)C(O)C(O)C2O)C(O)C1O)C(O)/C=C/CC/C=C/CC/C=C/CCCCCCCCCCCCCCCCC. The maximum Gasteiger partial charge on any atom is 0.220 e. The highest BCUT2D eigenvalue weighted by Crippen LogP contribution is 2.30. The molecule has 12 atom stereocenters. The zero-order valence-corrected chi connectivity index (χ0v) is 60.0. The lowest BCUT2D eigenvalue weighted by molar-refractivity contribution is -0.359. The largest absolute Gasteiger partial charge is 0.394 e. The summed E-state index contributed by atoms with van der Waals surface area (Å²) in [7, 11) is 0. The third-order valence-corrected chi connectivity index (χ3v) is 18.8. The van der Waals surface area contributed by atoms with Gasteiger partial charge in [0.1, 0.15) is 48.8 Å². The third-order valence-electron chi connectivity index (χ3n) is 18.8. The predicted octanol–water partition coefficient (Wildman–Crippen LogP) is 17.4. The number of ether oxygens (including phenoxy) is 4. The van der Waals surface area contributed by atoms with Crippen LogP contribution < -0.4 is 5.32 Å². The van der Waals surface area contributed by atoms with Gasteiger partial charge in [0.05, 0.1) is 32.0 Å². The van der Waals surface area contributed by atoms with Crippen molar-refractivity contribution < 1.29 is 64.6 Å². The first-order chi connectivity index (χ1) is 46.1. The highest BCUT2D eigenvalue weighted by atomic mass is 16.7. The zero-order valence-electron chi connectivity index (χ0n) is 60.0. The molecule has 0 radical (unpaired) electrons. The monoisotopic (exact) mass is 1330 g/mol. The Hall–Kier alpha value is -2.57. The van der Waals surface area contributed by atoms with Crippen LogP contribution in [0.5, 0.6) is 0 Å². The topological polar surface area (TPSA) is 228 Å². The van der Waals surface area contributed by atoms with Crippen LogP contribution in [0.25, 0.3) is 0 Å². The van der Waals surface area contributed by atoms with Gasteiger partial charge in [-0.3, -0.25) is 4.79 Å². The molecule has 94 heavy (non-hydrogen) atoms. The van der Waals surface area contributed by atoms with E-state index in [0.29, 0.717) is 12.8 Å². The van der Waals surface area contributed by atoms with Crippen LogP contribution in [0.1, 0.15) is 335 Å². The summed E-state index contributed by atoms with van der Waals surface area (Å²) in [6.45, 7) is 2.81. The fourth-order valence-electron chi connectivity index (χ4n) is 12.6. The molecule has 2 rings (SSSR count). The van der Waals surface area contributed by atoms with E-state index in [9.17, 15) is 45.6 Å². The van der Waals surface area contributed by atoms with Gasteiger partial charge in [-0.2, -0.15) is 0 Å². The Morgan fingerprint density at radius 2 is 0.713 bits per heavy atom. The number of carbonyl (C=O) groups excluding carboxylic acids is 1. The summed E-state index contributed by atoms with van der Waals surface area (Å²) in [4.78, 5) is 13.4. The van der Waals surface area contributed by atoms with E-state index >= 15 is 0 Å². The maximum atomic E-state index is 13.4. The Bertz CT molecular complexity index is 1860. The summed E-state index contributed by atoms with van der Waals surface area (Å²) in [6.07, 6.45) is 71.2. The second kappa shape index (κ2) is 63.8. The molecule has 12 unspecified atom stereocenters. The summed E-state index contributed by atoms with van der Waals surface area (Å²) < 4.78 is 22.9. The highest BCUT2D eigenvalue weighted by molar-refractivity contribution is 5.76. The van der Waals surface area contributed by atoms with Crippen LogP contribution >= 0.6 is 0 Å². The Morgan fingerprint density at radius 3 is 1.12 bits per heavy atom. The summed E-state index contributed by atoms with van der Waals surface area (Å²) in [5.74, 6) is -0.249. The molecule has 1 amide bonds. The second-order valence-corrected chi connectivity index (χ2v) is 27.5. The van der Waals surface area contributed by atoms with Gasteiger partial charge in [0.15, 0.2) is 12.6 Å². The number of hydrogen-bond acceptors (Lipinski definition) is 13. The van der Waals surface area contributed by atoms with E-state index in [1.165, 1.54) is 244 Å².